The maximum absolute atomic E-state index is 11.5. The molecule has 3 rings (SSSR count). The van der Waals surface area contributed by atoms with Crippen LogP contribution in [-0.4, -0.2) is 27.0 Å². The molecule has 0 aliphatic rings. The summed E-state index contributed by atoms with van der Waals surface area (Å²) >= 11 is 1.29. The Bertz CT molecular complexity index is 910. The molecule has 0 saturated heterocycles. The summed E-state index contributed by atoms with van der Waals surface area (Å²) in [5.74, 6) is -0.957. The van der Waals surface area contributed by atoms with Crippen LogP contribution in [0.2, 0.25) is 0 Å². The first-order valence-corrected chi connectivity index (χ1v) is 8.64. The molecule has 132 valence electrons. The largest absolute Gasteiger partial charge is 0.480 e. The number of non-ortho nitro benzene ring substituents is 1. The quantitative estimate of drug-likeness (QED) is 0.484. The van der Waals surface area contributed by atoms with Crippen molar-refractivity contribution in [3.05, 3.63) is 75.7 Å². The number of nitrogens with one attached hydrogen (secondary N) is 1. The molecule has 0 saturated carbocycles. The number of carboxylic acids is 1. The first kappa shape index (κ1) is 17.6. The van der Waals surface area contributed by atoms with Crippen LogP contribution < -0.4 is 5.32 Å². The third-order valence-electron chi connectivity index (χ3n) is 3.76. The van der Waals surface area contributed by atoms with Crippen molar-refractivity contribution in [1.82, 2.24) is 4.98 Å². The summed E-state index contributed by atoms with van der Waals surface area (Å²) in [6.07, 6.45) is 0.336. The minimum absolute atomic E-state index is 0.0103. The normalized spacial score (nSPS) is 11.7. The molecule has 0 radical (unpaired) electrons. The van der Waals surface area contributed by atoms with Crippen LogP contribution >= 0.6 is 11.3 Å². The first-order valence-electron chi connectivity index (χ1n) is 7.76. The third kappa shape index (κ3) is 4.22. The van der Waals surface area contributed by atoms with Crippen LogP contribution in [0.15, 0.2) is 60.0 Å². The van der Waals surface area contributed by atoms with Gasteiger partial charge in [-0.15, -0.1) is 11.3 Å². The Morgan fingerprint density at radius 1 is 1.19 bits per heavy atom. The van der Waals surface area contributed by atoms with Gasteiger partial charge in [0.15, 0.2) is 5.13 Å². The van der Waals surface area contributed by atoms with Gasteiger partial charge >= 0.3 is 5.97 Å². The van der Waals surface area contributed by atoms with Crippen molar-refractivity contribution in [2.24, 2.45) is 0 Å². The number of aromatic nitrogens is 1. The molecular weight excluding hydrogens is 354 g/mol. The number of aliphatic carboxylic acids is 1. The molecule has 3 aromatic rings. The van der Waals surface area contributed by atoms with E-state index in [0.29, 0.717) is 17.2 Å². The van der Waals surface area contributed by atoms with E-state index in [9.17, 15) is 20.0 Å². The summed E-state index contributed by atoms with van der Waals surface area (Å²) in [6.45, 7) is 0. The molecule has 26 heavy (non-hydrogen) atoms. The highest BCUT2D eigenvalue weighted by atomic mass is 32.1. The van der Waals surface area contributed by atoms with Gasteiger partial charge in [0.05, 0.1) is 10.6 Å². The number of hydrogen-bond donors (Lipinski definition) is 2. The fourth-order valence-electron chi connectivity index (χ4n) is 2.43. The Kier molecular flexibility index (Phi) is 5.23. The molecule has 2 N–H and O–H groups in total. The van der Waals surface area contributed by atoms with Gasteiger partial charge in [-0.3, -0.25) is 10.1 Å². The van der Waals surface area contributed by atoms with Gasteiger partial charge in [0.25, 0.3) is 5.69 Å². The standard InChI is InChI=1S/C18H15N3O4S/c22-17(23)15(10-12-4-2-1-3-5-12)19-18-20-16(11-26-18)13-6-8-14(9-7-13)21(24)25/h1-9,11,15H,10H2,(H,19,20)(H,22,23)/t15-/m1/s1. The predicted molar refractivity (Wildman–Crippen MR) is 99.4 cm³/mol. The minimum atomic E-state index is -0.957. The van der Waals surface area contributed by atoms with E-state index in [2.05, 4.69) is 10.3 Å². The van der Waals surface area contributed by atoms with Crippen molar-refractivity contribution in [2.45, 2.75) is 12.5 Å². The third-order valence-corrected chi connectivity index (χ3v) is 4.53. The van der Waals surface area contributed by atoms with E-state index in [-0.39, 0.29) is 5.69 Å². The Morgan fingerprint density at radius 2 is 1.88 bits per heavy atom. The molecule has 7 nitrogen and oxygen atoms in total. The van der Waals surface area contributed by atoms with Crippen LogP contribution in [0, 0.1) is 10.1 Å². The van der Waals surface area contributed by atoms with E-state index in [1.165, 1.54) is 23.5 Å². The van der Waals surface area contributed by atoms with Gasteiger partial charge in [0.1, 0.15) is 6.04 Å². The number of anilines is 1. The van der Waals surface area contributed by atoms with E-state index < -0.39 is 16.9 Å². The summed E-state index contributed by atoms with van der Waals surface area (Å²) in [6, 6.07) is 14.6. The van der Waals surface area contributed by atoms with Gasteiger partial charge in [0, 0.05) is 29.5 Å². The fourth-order valence-corrected chi connectivity index (χ4v) is 3.20. The summed E-state index contributed by atoms with van der Waals surface area (Å²) in [4.78, 5) is 26.2. The van der Waals surface area contributed by atoms with E-state index in [1.807, 2.05) is 30.3 Å². The van der Waals surface area contributed by atoms with Crippen molar-refractivity contribution in [1.29, 1.82) is 0 Å². The number of nitro groups is 1. The zero-order valence-electron chi connectivity index (χ0n) is 13.5. The zero-order valence-corrected chi connectivity index (χ0v) is 14.3. The molecule has 0 unspecified atom stereocenters. The van der Waals surface area contributed by atoms with E-state index in [1.54, 1.807) is 17.5 Å². The number of thiazole rings is 1. The highest BCUT2D eigenvalue weighted by molar-refractivity contribution is 7.14. The molecule has 2 aromatic carbocycles. The van der Waals surface area contributed by atoms with Crippen molar-refractivity contribution in [3.8, 4) is 11.3 Å². The maximum Gasteiger partial charge on any atom is 0.326 e. The highest BCUT2D eigenvalue weighted by Crippen LogP contribution is 2.27. The SMILES string of the molecule is O=C(O)[C@@H](Cc1ccccc1)Nc1nc(-c2ccc([N+](=O)[O-])cc2)cs1. The van der Waals surface area contributed by atoms with Crippen molar-refractivity contribution >= 4 is 28.1 Å². The van der Waals surface area contributed by atoms with Gasteiger partial charge in [-0.25, -0.2) is 9.78 Å². The topological polar surface area (TPSA) is 105 Å². The molecule has 0 aliphatic carbocycles. The van der Waals surface area contributed by atoms with Crippen molar-refractivity contribution < 1.29 is 14.8 Å². The Balaban J connectivity index is 1.73. The highest BCUT2D eigenvalue weighted by Gasteiger charge is 2.19. The van der Waals surface area contributed by atoms with Crippen LogP contribution in [0.5, 0.6) is 0 Å². The van der Waals surface area contributed by atoms with Crippen LogP contribution in [0.4, 0.5) is 10.8 Å². The Morgan fingerprint density at radius 3 is 2.50 bits per heavy atom. The second-order valence-corrected chi connectivity index (χ2v) is 6.42. The van der Waals surface area contributed by atoms with E-state index in [4.69, 9.17) is 0 Å². The zero-order chi connectivity index (χ0) is 18.5. The lowest BCUT2D eigenvalue weighted by Crippen LogP contribution is -2.31. The minimum Gasteiger partial charge on any atom is -0.480 e. The van der Waals surface area contributed by atoms with Crippen molar-refractivity contribution in [3.63, 3.8) is 0 Å². The molecule has 0 fully saturated rings. The summed E-state index contributed by atoms with van der Waals surface area (Å²) < 4.78 is 0. The Labute approximate surface area is 153 Å². The fraction of sp³-hybridized carbons (Fsp3) is 0.111. The number of nitro benzene ring substituents is 1. The van der Waals surface area contributed by atoms with Gasteiger partial charge in [-0.2, -0.15) is 0 Å². The Hall–Kier alpha value is -3.26. The molecule has 1 heterocycles. The van der Waals surface area contributed by atoms with E-state index in [0.717, 1.165) is 11.1 Å². The summed E-state index contributed by atoms with van der Waals surface area (Å²) in [5, 5.41) is 25.4. The number of rotatable bonds is 7. The second kappa shape index (κ2) is 7.75. The second-order valence-electron chi connectivity index (χ2n) is 5.57. The van der Waals surface area contributed by atoms with Gasteiger partial charge < -0.3 is 10.4 Å². The lowest BCUT2D eigenvalue weighted by Gasteiger charge is -2.13. The first-order chi connectivity index (χ1) is 12.5. The smallest absolute Gasteiger partial charge is 0.326 e. The average Bonchev–Trinajstić information content (AvgIpc) is 3.10. The van der Waals surface area contributed by atoms with Gasteiger partial charge in [0.2, 0.25) is 0 Å². The lowest BCUT2D eigenvalue weighted by atomic mass is 10.1. The number of carboxylic acid groups (broad SMARTS) is 1. The van der Waals surface area contributed by atoms with Gasteiger partial charge in [-0.1, -0.05) is 30.3 Å². The monoisotopic (exact) mass is 369 g/mol. The summed E-state index contributed by atoms with van der Waals surface area (Å²) in [7, 11) is 0. The number of nitrogens with zero attached hydrogens (tertiary/aromatic N) is 2. The molecule has 0 spiro atoms. The van der Waals surface area contributed by atoms with Crippen LogP contribution in [-0.2, 0) is 11.2 Å². The van der Waals surface area contributed by atoms with Crippen LogP contribution in [0.25, 0.3) is 11.3 Å². The molecule has 1 atom stereocenters. The van der Waals surface area contributed by atoms with Crippen LogP contribution in [0.1, 0.15) is 5.56 Å². The molecule has 1 aromatic heterocycles. The van der Waals surface area contributed by atoms with Crippen LogP contribution in [0.3, 0.4) is 0 Å². The number of carbonyl (C=O) groups is 1. The molecular formula is C18H15N3O4S. The predicted octanol–water partition coefficient (Wildman–Crippen LogP) is 3.83. The average molecular weight is 369 g/mol. The number of hydrogen-bond acceptors (Lipinski definition) is 6. The van der Waals surface area contributed by atoms with Crippen molar-refractivity contribution in [2.75, 3.05) is 5.32 Å². The number of benzene rings is 2. The van der Waals surface area contributed by atoms with E-state index >= 15 is 0 Å². The lowest BCUT2D eigenvalue weighted by molar-refractivity contribution is -0.384. The summed E-state index contributed by atoms with van der Waals surface area (Å²) in [5.41, 5.74) is 2.29. The maximum atomic E-state index is 11.5. The molecule has 8 heteroatoms. The molecule has 0 bridgehead atoms. The molecule has 0 amide bonds. The van der Waals surface area contributed by atoms with Gasteiger partial charge in [-0.05, 0) is 17.7 Å². The molecule has 0 aliphatic heterocycles.